The molecule has 7 heteroatoms. The van der Waals surface area contributed by atoms with Crippen LogP contribution in [-0.2, 0) is 11.8 Å². The molecule has 31 heavy (non-hydrogen) atoms. The summed E-state index contributed by atoms with van der Waals surface area (Å²) < 4.78 is 16.4. The van der Waals surface area contributed by atoms with Crippen molar-refractivity contribution in [1.29, 1.82) is 0 Å². The number of nitrogens with one attached hydrogen (secondary N) is 2. The molecule has 0 aromatic heterocycles. The van der Waals surface area contributed by atoms with Crippen molar-refractivity contribution >= 4 is 29.9 Å². The minimum absolute atomic E-state index is 0. The predicted octanol–water partition coefficient (Wildman–Crippen LogP) is 4.16. The molecule has 3 rings (SSSR count). The summed E-state index contributed by atoms with van der Waals surface area (Å²) in [7, 11) is 6.70. The van der Waals surface area contributed by atoms with Crippen molar-refractivity contribution in [1.82, 2.24) is 10.6 Å². The van der Waals surface area contributed by atoms with Crippen molar-refractivity contribution < 1.29 is 14.2 Å². The third-order valence-electron chi connectivity index (χ3n) is 5.99. The summed E-state index contributed by atoms with van der Waals surface area (Å²) in [4.78, 5) is 4.40. The number of rotatable bonds is 9. The van der Waals surface area contributed by atoms with Crippen LogP contribution in [0.3, 0.4) is 0 Å². The van der Waals surface area contributed by atoms with E-state index in [9.17, 15) is 0 Å². The maximum absolute atomic E-state index is 5.58. The molecule has 1 aliphatic rings. The molecule has 1 saturated carbocycles. The first-order valence-electron chi connectivity index (χ1n) is 10.5. The Kier molecular flexibility index (Phi) is 9.74. The van der Waals surface area contributed by atoms with Crippen LogP contribution in [0.5, 0.6) is 17.2 Å². The maximum Gasteiger partial charge on any atom is 0.203 e. The number of ether oxygens (including phenoxy) is 3. The molecule has 0 radical (unpaired) electrons. The van der Waals surface area contributed by atoms with Gasteiger partial charge in [0.2, 0.25) is 5.75 Å². The Morgan fingerprint density at radius 3 is 2.19 bits per heavy atom. The lowest BCUT2D eigenvalue weighted by Gasteiger charge is -2.43. The fourth-order valence-corrected chi connectivity index (χ4v) is 4.11. The van der Waals surface area contributed by atoms with Gasteiger partial charge in [0.25, 0.3) is 0 Å². The molecule has 2 aromatic carbocycles. The Morgan fingerprint density at radius 2 is 1.65 bits per heavy atom. The van der Waals surface area contributed by atoms with E-state index in [1.807, 2.05) is 19.2 Å². The molecular formula is C24H34IN3O3. The smallest absolute Gasteiger partial charge is 0.203 e. The summed E-state index contributed by atoms with van der Waals surface area (Å²) in [6.07, 6.45) is 4.48. The van der Waals surface area contributed by atoms with E-state index in [4.69, 9.17) is 14.2 Å². The van der Waals surface area contributed by atoms with Crippen molar-refractivity contribution in [3.05, 3.63) is 53.6 Å². The Labute approximate surface area is 202 Å². The first kappa shape index (κ1) is 25.1. The van der Waals surface area contributed by atoms with Crippen LogP contribution in [0.4, 0.5) is 0 Å². The molecule has 2 aromatic rings. The molecule has 0 aliphatic heterocycles. The van der Waals surface area contributed by atoms with Gasteiger partial charge < -0.3 is 24.8 Å². The maximum atomic E-state index is 5.58. The number of hydrogen-bond acceptors (Lipinski definition) is 4. The number of aliphatic imine (C=N–C) groups is 1. The lowest BCUT2D eigenvalue weighted by molar-refractivity contribution is 0.244. The van der Waals surface area contributed by atoms with Gasteiger partial charge in [-0.05, 0) is 30.9 Å². The minimum atomic E-state index is 0. The molecule has 6 nitrogen and oxygen atoms in total. The molecule has 0 unspecified atom stereocenters. The summed E-state index contributed by atoms with van der Waals surface area (Å²) in [5, 5.41) is 6.95. The highest BCUT2D eigenvalue weighted by atomic mass is 127. The van der Waals surface area contributed by atoms with Crippen LogP contribution in [0, 0.1) is 0 Å². The molecule has 2 N–H and O–H groups in total. The lowest BCUT2D eigenvalue weighted by atomic mass is 9.64. The zero-order valence-electron chi connectivity index (χ0n) is 18.9. The third kappa shape index (κ3) is 5.75. The molecule has 0 heterocycles. The molecule has 1 aliphatic carbocycles. The highest BCUT2D eigenvalue weighted by Crippen LogP contribution is 2.43. The van der Waals surface area contributed by atoms with Crippen molar-refractivity contribution in [3.8, 4) is 17.2 Å². The van der Waals surface area contributed by atoms with Crippen LogP contribution in [0.2, 0.25) is 0 Å². The minimum Gasteiger partial charge on any atom is -0.493 e. The van der Waals surface area contributed by atoms with Crippen molar-refractivity contribution in [3.63, 3.8) is 0 Å². The molecular weight excluding hydrogens is 505 g/mol. The number of halogens is 1. The molecule has 0 amide bonds. The highest BCUT2D eigenvalue weighted by molar-refractivity contribution is 14.0. The summed E-state index contributed by atoms with van der Waals surface area (Å²) in [5.41, 5.74) is 2.68. The molecule has 0 spiro atoms. The van der Waals surface area contributed by atoms with Crippen LogP contribution in [0.1, 0.15) is 30.4 Å². The molecule has 0 bridgehead atoms. The largest absolute Gasteiger partial charge is 0.493 e. The molecule has 1 fully saturated rings. The van der Waals surface area contributed by atoms with Gasteiger partial charge in [-0.25, -0.2) is 0 Å². The zero-order chi connectivity index (χ0) is 21.4. The summed E-state index contributed by atoms with van der Waals surface area (Å²) in [6.45, 7) is 1.61. The monoisotopic (exact) mass is 539 g/mol. The SMILES string of the molecule is CN=C(NCCc1ccc(OC)c(OC)c1OC)NCC1(c2ccccc2)CCC1.I. The Bertz CT molecular complexity index is 855. The standard InChI is InChI=1S/C24H33N3O3.HI/c1-25-23(27-17-24(14-8-15-24)19-9-6-5-7-10-19)26-16-13-18-11-12-20(28-2)22(30-4)21(18)29-3;/h5-7,9-12H,8,13-17H2,1-4H3,(H2,25,26,27);1H. The fraction of sp³-hybridized carbons (Fsp3) is 0.458. The van der Waals surface area contributed by atoms with Gasteiger partial charge in [0.1, 0.15) is 0 Å². The van der Waals surface area contributed by atoms with E-state index < -0.39 is 0 Å². The number of hydrogen-bond donors (Lipinski definition) is 2. The lowest BCUT2D eigenvalue weighted by Crippen LogP contribution is -2.49. The van der Waals surface area contributed by atoms with Crippen LogP contribution >= 0.6 is 24.0 Å². The predicted molar refractivity (Wildman–Crippen MR) is 137 cm³/mol. The third-order valence-corrected chi connectivity index (χ3v) is 5.99. The number of guanidine groups is 1. The average molecular weight is 539 g/mol. The topological polar surface area (TPSA) is 64.1 Å². The van der Waals surface area contributed by atoms with E-state index in [1.54, 1.807) is 21.3 Å². The van der Waals surface area contributed by atoms with Crippen LogP contribution in [-0.4, -0.2) is 47.4 Å². The van der Waals surface area contributed by atoms with E-state index >= 15 is 0 Å². The van der Waals surface area contributed by atoms with Gasteiger partial charge in [-0.2, -0.15) is 0 Å². The van der Waals surface area contributed by atoms with E-state index in [2.05, 4.69) is 46.0 Å². The van der Waals surface area contributed by atoms with E-state index in [0.29, 0.717) is 17.2 Å². The molecule has 0 atom stereocenters. The highest BCUT2D eigenvalue weighted by Gasteiger charge is 2.38. The van der Waals surface area contributed by atoms with Gasteiger partial charge >= 0.3 is 0 Å². The quantitative estimate of drug-likeness (QED) is 0.285. The van der Waals surface area contributed by atoms with Gasteiger partial charge in [0.05, 0.1) is 21.3 Å². The zero-order valence-corrected chi connectivity index (χ0v) is 21.2. The van der Waals surface area contributed by atoms with Crippen molar-refractivity contribution in [2.75, 3.05) is 41.5 Å². The Hall–Kier alpha value is -2.16. The fourth-order valence-electron chi connectivity index (χ4n) is 4.11. The Morgan fingerprint density at radius 1 is 0.935 bits per heavy atom. The van der Waals surface area contributed by atoms with E-state index in [1.165, 1.54) is 24.8 Å². The van der Waals surface area contributed by atoms with E-state index in [0.717, 1.165) is 31.0 Å². The first-order valence-corrected chi connectivity index (χ1v) is 10.5. The van der Waals surface area contributed by atoms with Gasteiger partial charge in [-0.3, -0.25) is 4.99 Å². The summed E-state index contributed by atoms with van der Waals surface area (Å²) in [6, 6.07) is 14.7. The van der Waals surface area contributed by atoms with Crippen LogP contribution in [0.25, 0.3) is 0 Å². The van der Waals surface area contributed by atoms with Crippen molar-refractivity contribution in [2.24, 2.45) is 4.99 Å². The first-order chi connectivity index (χ1) is 14.7. The van der Waals surface area contributed by atoms with Gasteiger partial charge in [0, 0.05) is 31.1 Å². The number of nitrogens with zero attached hydrogens (tertiary/aromatic N) is 1. The molecule has 0 saturated heterocycles. The number of methoxy groups -OCH3 is 3. The van der Waals surface area contributed by atoms with Gasteiger partial charge in [0.15, 0.2) is 17.5 Å². The summed E-state index contributed by atoms with van der Waals surface area (Å²) >= 11 is 0. The second-order valence-corrected chi connectivity index (χ2v) is 7.60. The van der Waals surface area contributed by atoms with Crippen molar-refractivity contribution in [2.45, 2.75) is 31.1 Å². The average Bonchev–Trinajstić information content (AvgIpc) is 2.77. The van der Waals surface area contributed by atoms with Gasteiger partial charge in [-0.1, -0.05) is 42.8 Å². The number of benzene rings is 2. The molecule has 170 valence electrons. The van der Waals surface area contributed by atoms with E-state index in [-0.39, 0.29) is 29.4 Å². The van der Waals surface area contributed by atoms with Crippen LogP contribution < -0.4 is 24.8 Å². The normalized spacial score (nSPS) is 14.6. The van der Waals surface area contributed by atoms with Crippen LogP contribution in [0.15, 0.2) is 47.5 Å². The second kappa shape index (κ2) is 12.0. The summed E-state index contributed by atoms with van der Waals surface area (Å²) in [5.74, 6) is 2.81. The van der Waals surface area contributed by atoms with Gasteiger partial charge in [-0.15, -0.1) is 24.0 Å². The second-order valence-electron chi connectivity index (χ2n) is 7.60. The Balaban J connectivity index is 0.00000341.